The number of fused-ring (bicyclic) bond motifs is 12. The Labute approximate surface area is 725 Å². The van der Waals surface area contributed by atoms with Gasteiger partial charge in [0.2, 0.25) is 17.7 Å². The van der Waals surface area contributed by atoms with Crippen LogP contribution in [-0.4, -0.2) is 396 Å². The number of hydrogen-bond acceptors (Lipinski definition) is 40. The number of nitrogens with zero attached hydrogens (tertiary/aromatic N) is 4. The minimum Gasteiger partial charge on any atom is -0.394 e. The van der Waals surface area contributed by atoms with Crippen molar-refractivity contribution in [2.75, 3.05) is 57.8 Å². The van der Waals surface area contributed by atoms with E-state index in [1.165, 1.54) is 9.58 Å². The Hall–Kier alpha value is -6.51. The molecular formula is C83H114N6O38. The predicted molar refractivity (Wildman–Crippen MR) is 420 cm³/mol. The highest BCUT2D eigenvalue weighted by atomic mass is 16.8. The van der Waals surface area contributed by atoms with Gasteiger partial charge in [-0.05, 0) is 67.7 Å². The fourth-order valence-electron chi connectivity index (χ4n) is 20.9. The van der Waals surface area contributed by atoms with Crippen LogP contribution in [0.5, 0.6) is 0 Å². The molecule has 1 aromatic heterocycles. The molecule has 0 bridgehead atoms. The van der Waals surface area contributed by atoms with E-state index in [4.69, 9.17) is 66.3 Å². The largest absolute Gasteiger partial charge is 0.394 e. The third-order valence-electron chi connectivity index (χ3n) is 27.4. The van der Waals surface area contributed by atoms with Crippen LogP contribution in [-0.2, 0) is 103 Å². The van der Waals surface area contributed by atoms with Gasteiger partial charge >= 0.3 is 0 Å². The average Bonchev–Trinajstić information content (AvgIpc) is 1.51. The number of amides is 3. The summed E-state index contributed by atoms with van der Waals surface area (Å²) >= 11 is 0. The highest BCUT2D eigenvalue weighted by Gasteiger charge is 2.76. The molecule has 15 rings (SSSR count). The molecule has 9 heterocycles. The third kappa shape index (κ3) is 18.0. The molecule has 30 unspecified atom stereocenters. The molecule has 3 saturated carbocycles. The van der Waals surface area contributed by atoms with Gasteiger partial charge in [0.25, 0.3) is 0 Å². The SMILES string of the molecule is CCCC1O[C@@H]2C[C@H]3[C@@H]4CCC5=CC(=O)C=C[C@]5(C)[C@H]4[C@@H](O)C[C@]3(C)[C@]2(C(=O)COCNC(=O)CNC(=O)CCC(=O)N2Cc3ccccc3-c3c(nnn3CC3CC(O)C(O)C(OC4C(CO)OC(OC5C(CO)OC(OC6C(CO)OC(OC7C(CO)OC(OC8C(CO)OC(O)C(O)C8O)C(O)C7O)C(O)C6O)C(O)C5O)C(O)C4O)O3)-c3ccccc32)O1. The first-order valence-corrected chi connectivity index (χ1v) is 42.9. The Bertz CT molecular complexity index is 4410. The zero-order chi connectivity index (χ0) is 90.7. The summed E-state index contributed by atoms with van der Waals surface area (Å²) in [5, 5.41) is 224. The van der Waals surface area contributed by atoms with Gasteiger partial charge in [-0.15, -0.1) is 5.10 Å². The van der Waals surface area contributed by atoms with Crippen LogP contribution in [0.15, 0.2) is 72.3 Å². The number of Topliss-reactive ketones (excluding diaryl/α,β-unsaturated/α-hetero) is 1. The monoisotopic (exact) mass is 1800 g/mol. The van der Waals surface area contributed by atoms with Crippen molar-refractivity contribution in [3.8, 4) is 22.5 Å². The minimum absolute atomic E-state index is 0.00393. The number of para-hydroxylation sites is 1. The predicted octanol–water partition coefficient (Wildman–Crippen LogP) is -7.87. The third-order valence-corrected chi connectivity index (χ3v) is 27.4. The highest BCUT2D eigenvalue weighted by Crippen LogP contribution is 2.70. The van der Waals surface area contributed by atoms with Gasteiger partial charge in [-0.3, -0.25) is 24.0 Å². The van der Waals surface area contributed by atoms with Gasteiger partial charge in [0, 0.05) is 47.1 Å². The number of benzene rings is 2. The fourth-order valence-corrected chi connectivity index (χ4v) is 20.9. The van der Waals surface area contributed by atoms with Crippen molar-refractivity contribution in [1.29, 1.82) is 0 Å². The smallest absolute Gasteiger partial charge is 0.241 e. The van der Waals surface area contributed by atoms with E-state index in [-0.39, 0.29) is 68.1 Å². The topological polar surface area (TPSA) is 657 Å². The number of allylic oxidation sites excluding steroid dienone is 4. The summed E-state index contributed by atoms with van der Waals surface area (Å²) in [5.41, 5.74) is 0.945. The van der Waals surface area contributed by atoms with Gasteiger partial charge in [-0.25, -0.2) is 4.68 Å². The normalized spacial score (nSPS) is 42.9. The Morgan fingerprint density at radius 3 is 1.65 bits per heavy atom. The Kier molecular flexibility index (Phi) is 29.5. The fraction of sp³-hybridized carbons (Fsp3) is 0.723. The van der Waals surface area contributed by atoms with Gasteiger partial charge in [0.05, 0.1) is 88.5 Å². The number of aromatic nitrogens is 3. The van der Waals surface area contributed by atoms with Crippen LogP contribution in [0.2, 0.25) is 0 Å². The maximum absolute atomic E-state index is 14.8. The first kappa shape index (κ1) is 95.1. The Morgan fingerprint density at radius 1 is 0.575 bits per heavy atom. The van der Waals surface area contributed by atoms with Crippen LogP contribution in [0, 0.1) is 28.6 Å². The molecule has 704 valence electrons. The van der Waals surface area contributed by atoms with Gasteiger partial charge in [-0.1, -0.05) is 86.5 Å². The lowest BCUT2D eigenvalue weighted by molar-refractivity contribution is -0.395. The van der Waals surface area contributed by atoms with E-state index in [2.05, 4.69) is 27.9 Å². The summed E-state index contributed by atoms with van der Waals surface area (Å²) in [4.78, 5) is 69.9. The van der Waals surface area contributed by atoms with Gasteiger partial charge < -0.3 is 179 Å². The summed E-state index contributed by atoms with van der Waals surface area (Å²) in [6.07, 6.45) is -49.4. The summed E-state index contributed by atoms with van der Waals surface area (Å²) < 4.78 is 83.9. The van der Waals surface area contributed by atoms with E-state index >= 15 is 0 Å². The second-order valence-corrected chi connectivity index (χ2v) is 35.0. The van der Waals surface area contributed by atoms with E-state index in [0.717, 1.165) is 18.4 Å². The van der Waals surface area contributed by atoms with Crippen LogP contribution in [0.1, 0.15) is 84.1 Å². The second-order valence-electron chi connectivity index (χ2n) is 35.0. The number of rotatable bonds is 29. The van der Waals surface area contributed by atoms with Crippen LogP contribution >= 0.6 is 0 Å². The number of ether oxygens (including phenoxy) is 14. The minimum atomic E-state index is -2.23. The standard InChI is InChI=1S/C83H114N6O38/c1-4-9-55-121-51-22-41-39-15-14-35-20-36(95)18-19-81(35,2)56(39)44(97)23-82(41,3)83(51,127-55)50(98)32-114-33-85-53(100)24-84-52(99)16-17-54(101)88-25-34-10-5-6-11-38(34)58-57(40-12-7-8-13-42(40)88)86-87-89(58)26-37-21-43(96)59(102)76(115-37)122-71-46(28-91)117-78(66(109)61(71)104)124-73-48(30-93)119-80(68(111)63(73)106)126-74-49(31-94)120-79(69(112)64(74)107)125-72-47(29-92)118-77(67(110)62(72)105)123-70-45(27-90)116-75(113)65(108)60(70)103/h5-8,10-13,18-20,37,39,41,43-49,51,55-56,59-80,90-94,96-97,102-113H,4,9,14-17,21-33H2,1-3H3,(H,84,99)(H,85,100)/t37?,39-,41-,43?,44-,45?,46?,47?,48?,49?,51+,55?,56+,59?,60?,61?,62?,63?,64?,65?,66?,67?,68?,69?,70?,71?,72?,73?,74?,75?,76?,77?,78?,79?,80?,81-,82-,83+/m0/s1. The average molecular weight is 1800 g/mol. The molecule has 21 N–H and O–H groups in total. The van der Waals surface area contributed by atoms with Crippen molar-refractivity contribution in [2.45, 2.75) is 294 Å². The molecule has 44 nitrogen and oxygen atoms in total. The Balaban J connectivity index is 0.531. The van der Waals surface area contributed by atoms with E-state index < -0.39 is 284 Å². The van der Waals surface area contributed by atoms with Crippen molar-refractivity contribution >= 4 is 35.0 Å². The lowest BCUT2D eigenvalue weighted by atomic mass is 9.46. The van der Waals surface area contributed by atoms with Crippen LogP contribution in [0.4, 0.5) is 5.69 Å². The molecule has 44 heteroatoms. The van der Waals surface area contributed by atoms with Crippen LogP contribution < -0.4 is 15.5 Å². The first-order chi connectivity index (χ1) is 60.7. The molecule has 3 amide bonds. The molecule has 12 aliphatic rings. The highest BCUT2D eigenvalue weighted by molar-refractivity contribution is 6.02. The van der Waals surface area contributed by atoms with Crippen molar-refractivity contribution in [3.63, 3.8) is 0 Å². The molecule has 8 aliphatic heterocycles. The Morgan fingerprint density at radius 2 is 1.09 bits per heavy atom. The number of anilines is 1. The number of nitrogens with one attached hydrogen (secondary N) is 2. The molecule has 4 aliphatic carbocycles. The van der Waals surface area contributed by atoms with E-state index in [9.17, 15) is 121 Å². The molecule has 7 saturated heterocycles. The van der Waals surface area contributed by atoms with Crippen molar-refractivity contribution in [1.82, 2.24) is 25.6 Å². The van der Waals surface area contributed by atoms with E-state index in [0.29, 0.717) is 53.0 Å². The molecule has 0 radical (unpaired) electrons. The van der Waals surface area contributed by atoms with Gasteiger partial charge in [0.1, 0.15) is 147 Å². The van der Waals surface area contributed by atoms with E-state index in [1.54, 1.807) is 60.7 Å². The van der Waals surface area contributed by atoms with Crippen molar-refractivity contribution in [3.05, 3.63) is 77.9 Å². The van der Waals surface area contributed by atoms with E-state index in [1.807, 2.05) is 19.9 Å². The zero-order valence-electron chi connectivity index (χ0n) is 69.5. The number of ketones is 2. The molecule has 3 aromatic rings. The number of aliphatic hydroxyl groups excluding tert-OH is 19. The maximum atomic E-state index is 14.8. The molecule has 38 atom stereocenters. The number of hydrogen-bond donors (Lipinski definition) is 21. The number of aliphatic hydroxyl groups is 19. The molecule has 2 aromatic carbocycles. The number of carbonyl (C=O) groups is 5. The maximum Gasteiger partial charge on any atom is 0.241 e. The number of carbonyl (C=O) groups excluding carboxylic acids is 5. The molecule has 10 fully saturated rings. The summed E-state index contributed by atoms with van der Waals surface area (Å²) in [6.45, 7) is -0.470. The van der Waals surface area contributed by atoms with Gasteiger partial charge in [-0.2, -0.15) is 0 Å². The zero-order valence-corrected chi connectivity index (χ0v) is 69.5. The van der Waals surface area contributed by atoms with Gasteiger partial charge in [0.15, 0.2) is 61.2 Å². The quantitative estimate of drug-likeness (QED) is 0.0227. The lowest BCUT2D eigenvalue weighted by Gasteiger charge is -2.59. The summed E-state index contributed by atoms with van der Waals surface area (Å²) in [6, 6.07) is 13.9. The second kappa shape index (κ2) is 39.3. The van der Waals surface area contributed by atoms with Crippen molar-refractivity contribution < 1.29 is 187 Å². The van der Waals surface area contributed by atoms with Crippen LogP contribution in [0.25, 0.3) is 22.5 Å². The van der Waals surface area contributed by atoms with Crippen LogP contribution in [0.3, 0.4) is 0 Å². The first-order valence-electron chi connectivity index (χ1n) is 42.9. The molecular weight excluding hydrogens is 1690 g/mol. The summed E-state index contributed by atoms with van der Waals surface area (Å²) in [5.74, 6) is -2.41. The summed E-state index contributed by atoms with van der Waals surface area (Å²) in [7, 11) is 0. The van der Waals surface area contributed by atoms with Crippen molar-refractivity contribution in [2.24, 2.45) is 28.6 Å². The molecule has 0 spiro atoms. The lowest BCUT2D eigenvalue weighted by Crippen LogP contribution is -2.68. The molecule has 127 heavy (non-hydrogen) atoms.